The summed E-state index contributed by atoms with van der Waals surface area (Å²) in [6, 6.07) is 4.72. The normalized spacial score (nSPS) is 27.6. The van der Waals surface area contributed by atoms with Gasteiger partial charge in [0.15, 0.2) is 0 Å². The topological polar surface area (TPSA) is 169 Å². The van der Waals surface area contributed by atoms with Crippen LogP contribution < -0.4 is 20.5 Å². The first kappa shape index (κ1) is 33.9. The highest BCUT2D eigenvalue weighted by atomic mass is 32.2. The van der Waals surface area contributed by atoms with Gasteiger partial charge in [-0.3, -0.25) is 19.0 Å². The van der Waals surface area contributed by atoms with Gasteiger partial charge < -0.3 is 20.7 Å². The second-order valence-corrected chi connectivity index (χ2v) is 15.0. The number of nitrogens with two attached hydrogens (primary N) is 1. The zero-order valence-corrected chi connectivity index (χ0v) is 28.2. The zero-order chi connectivity index (χ0) is 33.4. The van der Waals surface area contributed by atoms with E-state index in [1.165, 1.54) is 19.0 Å². The van der Waals surface area contributed by atoms with E-state index >= 15 is 0 Å². The summed E-state index contributed by atoms with van der Waals surface area (Å²) in [7, 11) is -1.47. The number of hydrogen-bond donors (Lipinski definition) is 3. The number of imidazole rings is 1. The lowest BCUT2D eigenvalue weighted by Gasteiger charge is -2.28. The van der Waals surface area contributed by atoms with Crippen LogP contribution in [0.3, 0.4) is 0 Å². The lowest BCUT2D eigenvalue weighted by molar-refractivity contribution is -0.140. The first-order valence-corrected chi connectivity index (χ1v) is 17.7. The first-order valence-electron chi connectivity index (χ1n) is 16.2. The van der Waals surface area contributed by atoms with Gasteiger partial charge >= 0.3 is 10.2 Å². The van der Waals surface area contributed by atoms with Crippen molar-refractivity contribution in [1.82, 2.24) is 28.8 Å². The summed E-state index contributed by atoms with van der Waals surface area (Å²) in [5.41, 5.74) is 7.81. The fraction of sp³-hybridized carbons (Fsp3) is 0.625. The summed E-state index contributed by atoms with van der Waals surface area (Å²) in [5.74, 6) is -2.12. The number of ether oxygens (including phenoxy) is 1. The molecule has 252 valence electrons. The van der Waals surface area contributed by atoms with Gasteiger partial charge in [0.2, 0.25) is 11.8 Å². The standard InChI is InChI=1S/C32H47N7O6S/c1-6-21-13-12-16-25-27(21)34-31(39(25)20(2)3)45-23-17-26-28(40)35-32(30(42)36-46(43,44)37(4)5)18-22(32)14-10-8-7-9-11-15-24(33)29(41)38(26)19-23/h10,12-14,16,20,22-24,26H,6-9,11,15,17-19,33H2,1-5H3,(H,35,40)(H,36,42)/t22-,23-,24+,26+,32-/m1/s1. The quantitative estimate of drug-likeness (QED) is 0.381. The monoisotopic (exact) mass is 657 g/mol. The van der Waals surface area contributed by atoms with E-state index in [2.05, 4.69) is 17.0 Å². The highest BCUT2D eigenvalue weighted by molar-refractivity contribution is 7.87. The average Bonchev–Trinajstić information content (AvgIpc) is 3.33. The van der Waals surface area contributed by atoms with Crippen LogP contribution in [0.15, 0.2) is 30.4 Å². The molecule has 5 rings (SSSR count). The predicted octanol–water partition coefficient (Wildman–Crippen LogP) is 2.17. The van der Waals surface area contributed by atoms with E-state index in [1.54, 1.807) is 0 Å². The minimum Gasteiger partial charge on any atom is -0.459 e. The largest absolute Gasteiger partial charge is 0.459 e. The van der Waals surface area contributed by atoms with E-state index in [4.69, 9.17) is 15.5 Å². The van der Waals surface area contributed by atoms with Crippen LogP contribution >= 0.6 is 0 Å². The molecular weight excluding hydrogens is 610 g/mol. The summed E-state index contributed by atoms with van der Waals surface area (Å²) in [6.07, 6.45) is 8.23. The molecule has 13 nitrogen and oxygen atoms in total. The molecule has 1 aromatic heterocycles. The second kappa shape index (κ2) is 13.3. The molecule has 1 saturated carbocycles. The molecule has 3 heterocycles. The van der Waals surface area contributed by atoms with E-state index in [1.807, 2.05) is 48.8 Å². The predicted molar refractivity (Wildman–Crippen MR) is 174 cm³/mol. The number of amides is 3. The Balaban J connectivity index is 1.46. The van der Waals surface area contributed by atoms with Gasteiger partial charge in [-0.15, -0.1) is 0 Å². The maximum absolute atomic E-state index is 14.0. The van der Waals surface area contributed by atoms with Crippen LogP contribution in [0, 0.1) is 5.92 Å². The molecule has 0 radical (unpaired) electrons. The van der Waals surface area contributed by atoms with Gasteiger partial charge in [0, 0.05) is 32.5 Å². The number of benzene rings is 1. The third-order valence-corrected chi connectivity index (χ3v) is 10.7. The van der Waals surface area contributed by atoms with Gasteiger partial charge in [-0.2, -0.15) is 17.7 Å². The number of aromatic nitrogens is 2. The van der Waals surface area contributed by atoms with Crippen LogP contribution in [-0.4, -0.2) is 89.3 Å². The van der Waals surface area contributed by atoms with Crippen molar-refractivity contribution in [2.75, 3.05) is 20.6 Å². The van der Waals surface area contributed by atoms with Gasteiger partial charge in [0.25, 0.3) is 11.9 Å². The molecule has 1 aliphatic carbocycles. The summed E-state index contributed by atoms with van der Waals surface area (Å²) in [6.45, 7) is 6.28. The van der Waals surface area contributed by atoms with Gasteiger partial charge in [-0.25, -0.2) is 4.72 Å². The van der Waals surface area contributed by atoms with Gasteiger partial charge in [-0.1, -0.05) is 44.1 Å². The maximum Gasteiger partial charge on any atom is 0.303 e. The second-order valence-electron chi connectivity index (χ2n) is 13.1. The molecule has 4 N–H and O–H groups in total. The lowest BCUT2D eigenvalue weighted by Crippen LogP contribution is -2.58. The SMILES string of the molecule is CCc1cccc2c1nc(O[C@@H]1C[C@H]3C(=O)N[C@]4(C(=O)NS(=O)(=O)N(C)C)C[C@H]4C=CCCCCC[C@H](N)C(=O)N3C1)n2C(C)C. The van der Waals surface area contributed by atoms with Crippen molar-refractivity contribution in [3.05, 3.63) is 35.9 Å². The zero-order valence-electron chi connectivity index (χ0n) is 27.4. The minimum absolute atomic E-state index is 0.0361. The number of allylic oxidation sites excluding steroid dienone is 1. The molecule has 3 amide bonds. The van der Waals surface area contributed by atoms with E-state index in [0.29, 0.717) is 12.4 Å². The number of rotatable bonds is 7. The van der Waals surface area contributed by atoms with Crippen molar-refractivity contribution in [1.29, 1.82) is 0 Å². The summed E-state index contributed by atoms with van der Waals surface area (Å²) < 4.78 is 36.6. The van der Waals surface area contributed by atoms with Crippen molar-refractivity contribution >= 4 is 39.0 Å². The van der Waals surface area contributed by atoms with Gasteiger partial charge in [-0.05, 0) is 57.6 Å². The van der Waals surface area contributed by atoms with E-state index < -0.39 is 51.7 Å². The van der Waals surface area contributed by atoms with E-state index in [0.717, 1.165) is 53.0 Å². The summed E-state index contributed by atoms with van der Waals surface area (Å²) in [5, 5.41) is 2.86. The molecule has 0 unspecified atom stereocenters. The molecule has 2 fully saturated rings. The van der Waals surface area contributed by atoms with Gasteiger partial charge in [0.1, 0.15) is 17.7 Å². The first-order chi connectivity index (χ1) is 21.8. The van der Waals surface area contributed by atoms with Crippen molar-refractivity contribution in [2.45, 2.75) is 102 Å². The molecule has 5 atom stereocenters. The highest BCUT2D eigenvalue weighted by Gasteiger charge is 2.61. The smallest absolute Gasteiger partial charge is 0.303 e. The summed E-state index contributed by atoms with van der Waals surface area (Å²) in [4.78, 5) is 47.6. The molecular formula is C32H47N7O6S. The fourth-order valence-corrected chi connectivity index (χ4v) is 7.13. The fourth-order valence-electron chi connectivity index (χ4n) is 6.53. The van der Waals surface area contributed by atoms with Crippen molar-refractivity contribution in [3.8, 4) is 6.01 Å². The third-order valence-electron chi connectivity index (χ3n) is 9.33. The number of carbonyl (C=O) groups is 3. The Labute approximate surface area is 271 Å². The Hall–Kier alpha value is -3.49. The molecule has 1 saturated heterocycles. The van der Waals surface area contributed by atoms with Crippen molar-refractivity contribution in [3.63, 3.8) is 0 Å². The van der Waals surface area contributed by atoms with Crippen molar-refractivity contribution in [2.24, 2.45) is 11.7 Å². The molecule has 2 aliphatic heterocycles. The van der Waals surface area contributed by atoms with Crippen LogP contribution in [-0.2, 0) is 31.0 Å². The number of nitrogens with one attached hydrogen (secondary N) is 2. The summed E-state index contributed by atoms with van der Waals surface area (Å²) >= 11 is 0. The average molecular weight is 658 g/mol. The van der Waals surface area contributed by atoms with E-state index in [9.17, 15) is 22.8 Å². The number of aryl methyl sites for hydroxylation is 1. The number of carbonyl (C=O) groups excluding carboxylic acids is 3. The number of hydrogen-bond acceptors (Lipinski definition) is 8. The molecule has 1 aromatic carbocycles. The van der Waals surface area contributed by atoms with Crippen LogP contribution in [0.4, 0.5) is 0 Å². The van der Waals surface area contributed by atoms with Crippen LogP contribution in [0.1, 0.15) is 77.3 Å². The highest BCUT2D eigenvalue weighted by Crippen LogP contribution is 2.46. The third kappa shape index (κ3) is 6.65. The Morgan fingerprint density at radius 3 is 2.70 bits per heavy atom. The molecule has 0 spiro atoms. The molecule has 0 bridgehead atoms. The Morgan fingerprint density at radius 2 is 2.00 bits per heavy atom. The molecule has 3 aliphatic rings. The number of nitrogens with zero attached hydrogens (tertiary/aromatic N) is 4. The molecule has 46 heavy (non-hydrogen) atoms. The Bertz CT molecular complexity index is 1620. The van der Waals surface area contributed by atoms with Crippen molar-refractivity contribution < 1.29 is 27.5 Å². The van der Waals surface area contributed by atoms with Gasteiger partial charge in [0.05, 0.1) is 23.6 Å². The minimum atomic E-state index is -4.10. The van der Waals surface area contributed by atoms with Crippen LogP contribution in [0.5, 0.6) is 6.01 Å². The number of para-hydroxylation sites is 1. The van der Waals surface area contributed by atoms with Crippen LogP contribution in [0.25, 0.3) is 11.0 Å². The maximum atomic E-state index is 14.0. The Kier molecular flexibility index (Phi) is 9.81. The van der Waals surface area contributed by atoms with E-state index in [-0.39, 0.29) is 31.3 Å². The van der Waals surface area contributed by atoms with Crippen LogP contribution in [0.2, 0.25) is 0 Å². The number of fused-ring (bicyclic) bond motifs is 3. The molecule has 14 heteroatoms. The molecule has 2 aromatic rings. The lowest BCUT2D eigenvalue weighted by atomic mass is 10.1. The Morgan fingerprint density at radius 1 is 1.24 bits per heavy atom.